The predicted molar refractivity (Wildman–Crippen MR) is 124 cm³/mol. The van der Waals surface area contributed by atoms with E-state index in [0.29, 0.717) is 29.3 Å². The van der Waals surface area contributed by atoms with Gasteiger partial charge in [-0.2, -0.15) is 0 Å². The first-order chi connectivity index (χ1) is 15.8. The molecule has 33 heavy (non-hydrogen) atoms. The molecule has 11 heteroatoms. The number of aromatic amines is 2. The molecule has 1 fully saturated rings. The fourth-order valence-electron chi connectivity index (χ4n) is 4.10. The van der Waals surface area contributed by atoms with Crippen molar-refractivity contribution in [3.05, 3.63) is 49.5 Å². The number of aromatic nitrogens is 5. The molecule has 0 unspecified atom stereocenters. The Kier molecular flexibility index (Phi) is 6.38. The maximum absolute atomic E-state index is 13.4. The smallest absolute Gasteiger partial charge is 0.325 e. The minimum atomic E-state index is -0.608. The molecule has 0 aromatic carbocycles. The summed E-state index contributed by atoms with van der Waals surface area (Å²) >= 11 is 0. The number of fused-ring (bicyclic) bond motifs is 1. The number of rotatable bonds is 6. The van der Waals surface area contributed by atoms with Crippen LogP contribution in [0.1, 0.15) is 32.1 Å². The van der Waals surface area contributed by atoms with Gasteiger partial charge in [0, 0.05) is 26.8 Å². The first-order valence-corrected chi connectivity index (χ1v) is 11.0. The zero-order valence-electron chi connectivity index (χ0n) is 18.7. The second kappa shape index (κ2) is 9.39. The molecular formula is C22H27N7O4. The molecule has 11 nitrogen and oxygen atoms in total. The third kappa shape index (κ3) is 4.86. The van der Waals surface area contributed by atoms with Gasteiger partial charge < -0.3 is 15.2 Å². The maximum Gasteiger partial charge on any atom is 0.325 e. The van der Waals surface area contributed by atoms with E-state index in [9.17, 15) is 19.2 Å². The van der Waals surface area contributed by atoms with E-state index in [0.717, 1.165) is 25.7 Å². The van der Waals surface area contributed by atoms with E-state index in [1.165, 1.54) is 17.5 Å². The number of nitrogens with zero attached hydrogens (tertiary/aromatic N) is 4. The summed E-state index contributed by atoms with van der Waals surface area (Å²) in [6.45, 7) is 0.426. The van der Waals surface area contributed by atoms with Crippen molar-refractivity contribution >= 4 is 22.9 Å². The molecule has 0 aliphatic heterocycles. The predicted octanol–water partition coefficient (Wildman–Crippen LogP) is 0.915. The van der Waals surface area contributed by atoms with Gasteiger partial charge in [-0.1, -0.05) is 19.3 Å². The van der Waals surface area contributed by atoms with Crippen molar-refractivity contribution in [3.63, 3.8) is 0 Å². The van der Waals surface area contributed by atoms with Gasteiger partial charge in [-0.25, -0.2) is 14.8 Å². The first-order valence-electron chi connectivity index (χ1n) is 11.0. The van der Waals surface area contributed by atoms with Crippen LogP contribution in [-0.2, 0) is 11.3 Å². The van der Waals surface area contributed by atoms with E-state index in [-0.39, 0.29) is 29.4 Å². The SMILES string of the molecule is CN(C)C(=O)CNc1nc2ccc(-c3c[nH]c(=O)[nH]c3=O)nc2n(CC2CCCCC2)c1=O. The summed E-state index contributed by atoms with van der Waals surface area (Å²) in [5.41, 5.74) is -0.203. The Morgan fingerprint density at radius 2 is 1.91 bits per heavy atom. The van der Waals surface area contributed by atoms with Gasteiger partial charge in [-0.3, -0.25) is 23.9 Å². The highest BCUT2D eigenvalue weighted by molar-refractivity contribution is 5.81. The highest BCUT2D eigenvalue weighted by Crippen LogP contribution is 2.26. The topological polar surface area (TPSA) is 146 Å². The minimum absolute atomic E-state index is 0.0531. The second-order valence-corrected chi connectivity index (χ2v) is 8.55. The molecule has 0 atom stereocenters. The lowest BCUT2D eigenvalue weighted by Gasteiger charge is -2.23. The second-order valence-electron chi connectivity index (χ2n) is 8.55. The molecular weight excluding hydrogens is 426 g/mol. The van der Waals surface area contributed by atoms with Crippen molar-refractivity contribution in [3.8, 4) is 11.3 Å². The summed E-state index contributed by atoms with van der Waals surface area (Å²) in [7, 11) is 3.28. The number of likely N-dealkylation sites (N-methyl/N-ethyl adjacent to an activating group) is 1. The molecule has 1 aliphatic rings. The average molecular weight is 454 g/mol. The van der Waals surface area contributed by atoms with Crippen LogP contribution in [0.15, 0.2) is 32.7 Å². The lowest BCUT2D eigenvalue weighted by Crippen LogP contribution is -2.33. The van der Waals surface area contributed by atoms with E-state index in [1.54, 1.807) is 30.8 Å². The van der Waals surface area contributed by atoms with Gasteiger partial charge in [0.25, 0.3) is 11.1 Å². The third-order valence-corrected chi connectivity index (χ3v) is 5.96. The number of amides is 1. The van der Waals surface area contributed by atoms with Crippen molar-refractivity contribution < 1.29 is 4.79 Å². The Morgan fingerprint density at radius 3 is 2.61 bits per heavy atom. The number of carbonyl (C=O) groups is 1. The number of nitrogens with one attached hydrogen (secondary N) is 3. The van der Waals surface area contributed by atoms with Gasteiger partial charge in [-0.15, -0.1) is 0 Å². The molecule has 0 bridgehead atoms. The van der Waals surface area contributed by atoms with E-state index in [4.69, 9.17) is 0 Å². The van der Waals surface area contributed by atoms with E-state index in [2.05, 4.69) is 25.3 Å². The van der Waals surface area contributed by atoms with Gasteiger partial charge in [-0.05, 0) is 30.9 Å². The lowest BCUT2D eigenvalue weighted by atomic mass is 9.89. The van der Waals surface area contributed by atoms with Gasteiger partial charge in [0.05, 0.1) is 17.8 Å². The summed E-state index contributed by atoms with van der Waals surface area (Å²) in [4.78, 5) is 64.1. The molecule has 0 saturated heterocycles. The van der Waals surface area contributed by atoms with Crippen LogP contribution in [0.3, 0.4) is 0 Å². The number of anilines is 1. The van der Waals surface area contributed by atoms with Crippen LogP contribution in [0.2, 0.25) is 0 Å². The molecule has 3 aromatic rings. The molecule has 174 valence electrons. The van der Waals surface area contributed by atoms with Crippen LogP contribution in [0.4, 0.5) is 5.82 Å². The quantitative estimate of drug-likeness (QED) is 0.503. The highest BCUT2D eigenvalue weighted by Gasteiger charge is 2.20. The summed E-state index contributed by atoms with van der Waals surface area (Å²) in [5, 5.41) is 2.87. The minimum Gasteiger partial charge on any atom is -0.356 e. The Labute approximate surface area is 188 Å². The number of H-pyrrole nitrogens is 2. The molecule has 4 rings (SSSR count). The van der Waals surface area contributed by atoms with Crippen molar-refractivity contribution in [1.29, 1.82) is 0 Å². The highest BCUT2D eigenvalue weighted by atomic mass is 16.2. The number of hydrogen-bond donors (Lipinski definition) is 3. The first kappa shape index (κ1) is 22.4. The maximum atomic E-state index is 13.4. The summed E-state index contributed by atoms with van der Waals surface area (Å²) in [5.74, 6) is 0.242. The Balaban J connectivity index is 1.81. The van der Waals surface area contributed by atoms with Crippen molar-refractivity contribution in [2.45, 2.75) is 38.6 Å². The molecule has 1 aliphatic carbocycles. The summed E-state index contributed by atoms with van der Waals surface area (Å²) in [6, 6.07) is 3.29. The van der Waals surface area contributed by atoms with Crippen LogP contribution < -0.4 is 22.1 Å². The molecule has 3 heterocycles. The summed E-state index contributed by atoms with van der Waals surface area (Å²) in [6.07, 6.45) is 6.79. The Bertz CT molecular complexity index is 1350. The average Bonchev–Trinajstić information content (AvgIpc) is 2.80. The third-order valence-electron chi connectivity index (χ3n) is 5.96. The van der Waals surface area contributed by atoms with E-state index >= 15 is 0 Å². The van der Waals surface area contributed by atoms with Crippen LogP contribution >= 0.6 is 0 Å². The van der Waals surface area contributed by atoms with Crippen molar-refractivity contribution in [2.75, 3.05) is 26.0 Å². The fourth-order valence-corrected chi connectivity index (χ4v) is 4.10. The van der Waals surface area contributed by atoms with E-state index in [1.807, 2.05) is 0 Å². The zero-order chi connectivity index (χ0) is 23.5. The van der Waals surface area contributed by atoms with Crippen molar-refractivity contribution in [1.82, 2.24) is 29.4 Å². The molecule has 0 radical (unpaired) electrons. The standard InChI is InChI=1S/C22H27N7O4/c1-28(2)17(30)11-23-18-21(32)29(12-13-6-4-3-5-7-13)19-16(25-18)9-8-15(26-19)14-10-24-22(33)27-20(14)31/h8-10,13H,3-7,11-12H2,1-2H3,(H,23,25)(H2,24,27,31,33). The number of carbonyl (C=O) groups excluding carboxylic acids is 1. The number of hydrogen-bond acceptors (Lipinski definition) is 7. The Hall–Kier alpha value is -3.76. The largest absolute Gasteiger partial charge is 0.356 e. The van der Waals surface area contributed by atoms with Gasteiger partial charge in [0.2, 0.25) is 5.91 Å². The van der Waals surface area contributed by atoms with E-state index < -0.39 is 11.2 Å². The van der Waals surface area contributed by atoms with Crippen LogP contribution in [0.25, 0.3) is 22.4 Å². The van der Waals surface area contributed by atoms with Crippen LogP contribution in [-0.4, -0.2) is 56.0 Å². The zero-order valence-corrected chi connectivity index (χ0v) is 18.7. The molecule has 1 saturated carbocycles. The van der Waals surface area contributed by atoms with Crippen molar-refractivity contribution in [2.24, 2.45) is 5.92 Å². The number of pyridine rings is 1. The fraction of sp³-hybridized carbons (Fsp3) is 0.455. The van der Waals surface area contributed by atoms with Crippen LogP contribution in [0.5, 0.6) is 0 Å². The molecule has 1 amide bonds. The van der Waals surface area contributed by atoms with Crippen LogP contribution in [0, 0.1) is 5.92 Å². The molecule has 3 N–H and O–H groups in total. The van der Waals surface area contributed by atoms with Gasteiger partial charge >= 0.3 is 5.69 Å². The van der Waals surface area contributed by atoms with Gasteiger partial charge in [0.1, 0.15) is 5.52 Å². The Morgan fingerprint density at radius 1 is 1.15 bits per heavy atom. The lowest BCUT2D eigenvalue weighted by molar-refractivity contribution is -0.126. The molecule has 3 aromatic heterocycles. The van der Waals surface area contributed by atoms with Gasteiger partial charge in [0.15, 0.2) is 11.5 Å². The normalized spacial score (nSPS) is 14.4. The molecule has 0 spiro atoms. The monoisotopic (exact) mass is 453 g/mol. The summed E-state index contributed by atoms with van der Waals surface area (Å²) < 4.78 is 1.59.